The zero-order valence-corrected chi connectivity index (χ0v) is 8.32. The Bertz CT molecular complexity index is 352. The fourth-order valence-corrected chi connectivity index (χ4v) is 1.52. The van der Waals surface area contributed by atoms with Gasteiger partial charge in [0.25, 0.3) is 0 Å². The average molecular weight is 195 g/mol. The third kappa shape index (κ3) is 1.32. The maximum Gasteiger partial charge on any atom is 0.339 e. The third-order valence-corrected chi connectivity index (χ3v) is 2.56. The van der Waals surface area contributed by atoms with Crippen LogP contribution in [0.3, 0.4) is 0 Å². The first-order valence-electron chi connectivity index (χ1n) is 4.50. The Hall–Kier alpha value is -1.29. The van der Waals surface area contributed by atoms with Crippen molar-refractivity contribution in [1.29, 1.82) is 0 Å². The lowest BCUT2D eigenvalue weighted by molar-refractivity contribution is -0.0895. The SMILES string of the molecule is COC(=O)c1ccn(C2(C)COC2)c1. The topological polar surface area (TPSA) is 40.5 Å². The second kappa shape index (κ2) is 3.13. The van der Waals surface area contributed by atoms with E-state index in [1.165, 1.54) is 7.11 Å². The van der Waals surface area contributed by atoms with Gasteiger partial charge in [0.2, 0.25) is 0 Å². The molecule has 14 heavy (non-hydrogen) atoms. The molecule has 4 heteroatoms. The van der Waals surface area contributed by atoms with E-state index in [1.807, 2.05) is 10.8 Å². The normalized spacial score (nSPS) is 18.7. The van der Waals surface area contributed by atoms with Gasteiger partial charge < -0.3 is 14.0 Å². The molecule has 0 spiro atoms. The van der Waals surface area contributed by atoms with E-state index in [0.29, 0.717) is 18.8 Å². The molecule has 0 atom stereocenters. The number of ether oxygens (including phenoxy) is 2. The van der Waals surface area contributed by atoms with Crippen LogP contribution in [0.2, 0.25) is 0 Å². The second-order valence-electron chi connectivity index (χ2n) is 3.79. The third-order valence-electron chi connectivity index (χ3n) is 2.56. The smallest absolute Gasteiger partial charge is 0.339 e. The van der Waals surface area contributed by atoms with Gasteiger partial charge in [0.15, 0.2) is 0 Å². The average Bonchev–Trinajstić information content (AvgIpc) is 2.62. The molecule has 2 heterocycles. The predicted octanol–water partition coefficient (Wildman–Crippen LogP) is 1.02. The Labute approximate surface area is 82.4 Å². The Morgan fingerprint density at radius 3 is 2.86 bits per heavy atom. The summed E-state index contributed by atoms with van der Waals surface area (Å²) in [7, 11) is 1.38. The molecule has 1 aliphatic heterocycles. The van der Waals surface area contributed by atoms with E-state index in [9.17, 15) is 4.79 Å². The molecule has 0 unspecified atom stereocenters. The van der Waals surface area contributed by atoms with Crippen LogP contribution in [-0.2, 0) is 15.0 Å². The van der Waals surface area contributed by atoms with E-state index in [2.05, 4.69) is 11.7 Å². The molecule has 0 saturated carbocycles. The van der Waals surface area contributed by atoms with Crippen LogP contribution in [0.5, 0.6) is 0 Å². The van der Waals surface area contributed by atoms with Crippen LogP contribution in [0.4, 0.5) is 0 Å². The summed E-state index contributed by atoms with van der Waals surface area (Å²) in [6, 6.07) is 1.76. The van der Waals surface area contributed by atoms with Crippen molar-refractivity contribution < 1.29 is 14.3 Å². The maximum absolute atomic E-state index is 11.2. The Kier molecular flexibility index (Phi) is 2.07. The van der Waals surface area contributed by atoms with Crippen molar-refractivity contribution in [3.05, 3.63) is 24.0 Å². The fourth-order valence-electron chi connectivity index (χ4n) is 1.52. The summed E-state index contributed by atoms with van der Waals surface area (Å²) in [6.45, 7) is 3.49. The fraction of sp³-hybridized carbons (Fsp3) is 0.500. The predicted molar refractivity (Wildman–Crippen MR) is 50.2 cm³/mol. The zero-order valence-electron chi connectivity index (χ0n) is 8.32. The molecule has 1 aromatic heterocycles. The molecule has 0 aliphatic carbocycles. The maximum atomic E-state index is 11.2. The molecule has 0 amide bonds. The van der Waals surface area contributed by atoms with Gasteiger partial charge in [-0.15, -0.1) is 0 Å². The van der Waals surface area contributed by atoms with Gasteiger partial charge in [-0.2, -0.15) is 0 Å². The molecule has 0 radical (unpaired) electrons. The van der Waals surface area contributed by atoms with E-state index < -0.39 is 0 Å². The van der Waals surface area contributed by atoms with Gasteiger partial charge in [-0.25, -0.2) is 4.79 Å². The van der Waals surface area contributed by atoms with Crippen molar-refractivity contribution in [2.45, 2.75) is 12.5 Å². The molecular weight excluding hydrogens is 182 g/mol. The van der Waals surface area contributed by atoms with Gasteiger partial charge in [-0.1, -0.05) is 0 Å². The van der Waals surface area contributed by atoms with Gasteiger partial charge in [0.05, 0.1) is 31.4 Å². The second-order valence-corrected chi connectivity index (χ2v) is 3.79. The van der Waals surface area contributed by atoms with Crippen molar-refractivity contribution in [2.24, 2.45) is 0 Å². The minimum absolute atomic E-state index is 0.00622. The van der Waals surface area contributed by atoms with Gasteiger partial charge in [0, 0.05) is 12.4 Å². The largest absolute Gasteiger partial charge is 0.465 e. The van der Waals surface area contributed by atoms with Crippen molar-refractivity contribution >= 4 is 5.97 Å². The summed E-state index contributed by atoms with van der Waals surface area (Å²) >= 11 is 0. The van der Waals surface area contributed by atoms with E-state index in [-0.39, 0.29) is 11.5 Å². The highest BCUT2D eigenvalue weighted by Crippen LogP contribution is 2.26. The monoisotopic (exact) mass is 195 g/mol. The first-order chi connectivity index (χ1) is 6.65. The van der Waals surface area contributed by atoms with E-state index in [4.69, 9.17) is 4.74 Å². The van der Waals surface area contributed by atoms with Gasteiger partial charge in [-0.3, -0.25) is 0 Å². The van der Waals surface area contributed by atoms with E-state index in [1.54, 1.807) is 12.3 Å². The van der Waals surface area contributed by atoms with Crippen molar-refractivity contribution in [2.75, 3.05) is 20.3 Å². The lowest BCUT2D eigenvalue weighted by Crippen LogP contribution is -2.48. The highest BCUT2D eigenvalue weighted by molar-refractivity contribution is 5.89. The molecule has 0 aromatic carbocycles. The van der Waals surface area contributed by atoms with Crippen LogP contribution in [0.1, 0.15) is 17.3 Å². The molecule has 76 valence electrons. The van der Waals surface area contributed by atoms with Crippen LogP contribution < -0.4 is 0 Å². The summed E-state index contributed by atoms with van der Waals surface area (Å²) in [6.07, 6.45) is 3.68. The standard InChI is InChI=1S/C10H13NO3/c1-10(6-14-7-10)11-4-3-8(5-11)9(12)13-2/h3-5H,6-7H2,1-2H3. The number of rotatable bonds is 2. The molecule has 0 bridgehead atoms. The summed E-state index contributed by atoms with van der Waals surface area (Å²) in [5.41, 5.74) is 0.590. The number of aromatic nitrogens is 1. The number of nitrogens with zero attached hydrogens (tertiary/aromatic N) is 1. The first-order valence-corrected chi connectivity index (χ1v) is 4.50. The van der Waals surface area contributed by atoms with Crippen LogP contribution in [0.25, 0.3) is 0 Å². The van der Waals surface area contributed by atoms with Gasteiger partial charge in [0.1, 0.15) is 0 Å². The summed E-state index contributed by atoms with van der Waals surface area (Å²) in [5, 5.41) is 0. The number of carbonyl (C=O) groups excluding carboxylic acids is 1. The Balaban J connectivity index is 2.21. The number of hydrogen-bond acceptors (Lipinski definition) is 3. The molecule has 1 fully saturated rings. The molecule has 4 nitrogen and oxygen atoms in total. The number of methoxy groups -OCH3 is 1. The van der Waals surface area contributed by atoms with Gasteiger partial charge in [-0.05, 0) is 13.0 Å². The minimum Gasteiger partial charge on any atom is -0.465 e. The van der Waals surface area contributed by atoms with E-state index in [0.717, 1.165) is 0 Å². The minimum atomic E-state index is -0.299. The van der Waals surface area contributed by atoms with Gasteiger partial charge >= 0.3 is 5.97 Å². The van der Waals surface area contributed by atoms with Crippen LogP contribution >= 0.6 is 0 Å². The Morgan fingerprint density at radius 1 is 1.64 bits per heavy atom. The molecule has 1 saturated heterocycles. The van der Waals surface area contributed by atoms with Crippen LogP contribution in [-0.4, -0.2) is 30.9 Å². The van der Waals surface area contributed by atoms with Crippen molar-refractivity contribution in [3.8, 4) is 0 Å². The lowest BCUT2D eigenvalue weighted by Gasteiger charge is -2.39. The van der Waals surface area contributed by atoms with Crippen molar-refractivity contribution in [3.63, 3.8) is 0 Å². The number of hydrogen-bond donors (Lipinski definition) is 0. The highest BCUT2D eigenvalue weighted by Gasteiger charge is 2.35. The summed E-state index contributed by atoms with van der Waals surface area (Å²) in [5.74, 6) is -0.299. The van der Waals surface area contributed by atoms with E-state index >= 15 is 0 Å². The number of carbonyl (C=O) groups is 1. The zero-order chi connectivity index (χ0) is 10.2. The first kappa shape index (κ1) is 9.27. The molecule has 1 aliphatic rings. The van der Waals surface area contributed by atoms with Crippen molar-refractivity contribution in [1.82, 2.24) is 4.57 Å². The molecule has 0 N–H and O–H groups in total. The quantitative estimate of drug-likeness (QED) is 0.661. The lowest BCUT2D eigenvalue weighted by atomic mass is 10.0. The highest BCUT2D eigenvalue weighted by atomic mass is 16.5. The molecule has 1 aromatic rings. The number of esters is 1. The van der Waals surface area contributed by atoms with Crippen LogP contribution in [0.15, 0.2) is 18.5 Å². The Morgan fingerprint density at radius 2 is 2.36 bits per heavy atom. The molecule has 2 rings (SSSR count). The summed E-state index contributed by atoms with van der Waals surface area (Å²) < 4.78 is 11.8. The summed E-state index contributed by atoms with van der Waals surface area (Å²) in [4.78, 5) is 11.2. The van der Waals surface area contributed by atoms with Crippen LogP contribution in [0, 0.1) is 0 Å². The molecular formula is C10H13NO3.